The van der Waals surface area contributed by atoms with Crippen LogP contribution in [0.15, 0.2) is 95.5 Å². The molecule has 0 spiro atoms. The fourth-order valence-electron chi connectivity index (χ4n) is 9.47. The van der Waals surface area contributed by atoms with E-state index in [-0.39, 0.29) is 126 Å². The first kappa shape index (κ1) is 89.8. The zero-order valence-corrected chi connectivity index (χ0v) is 72.1. The topological polar surface area (TPSA) is 116 Å². The molecule has 0 saturated heterocycles. The third kappa shape index (κ3) is 26.8. The third-order valence-corrected chi connectivity index (χ3v) is 17.4. The second kappa shape index (κ2) is 33.4. The number of nitrogens with zero attached hydrogens (tertiary/aromatic N) is 9. The summed E-state index contributed by atoms with van der Waals surface area (Å²) in [5.41, 5.74) is 17.1. The van der Waals surface area contributed by atoms with Gasteiger partial charge in [-0.15, -0.1) is 0 Å². The molecule has 8 rings (SSSR count). The van der Waals surface area contributed by atoms with Crippen LogP contribution in [0.2, 0.25) is 26.4 Å². The number of hydrogen-bond donors (Lipinski definition) is 0. The first-order chi connectivity index (χ1) is 42.3. The van der Waals surface area contributed by atoms with Crippen molar-refractivity contribution in [1.29, 1.82) is 0 Å². The molecule has 97 heavy (non-hydrogen) atoms. The van der Waals surface area contributed by atoms with Gasteiger partial charge < -0.3 is 22.7 Å². The predicted molar refractivity (Wildman–Crippen MR) is 429 cm³/mol. The van der Waals surface area contributed by atoms with E-state index >= 15 is 0 Å². The fraction of sp³-hybridized carbons (Fsp3) is 0.506. The normalized spacial score (nSPS) is 12.5. The Kier molecular flexibility index (Phi) is 30.9. The molecule has 0 saturated carbocycles. The van der Waals surface area contributed by atoms with E-state index in [0.29, 0.717) is 23.3 Å². The summed E-state index contributed by atoms with van der Waals surface area (Å²) in [6.45, 7) is 67.1. The molecule has 0 amide bonds. The van der Waals surface area contributed by atoms with Crippen molar-refractivity contribution in [2.45, 2.75) is 262 Å². The van der Waals surface area contributed by atoms with E-state index in [9.17, 15) is 0 Å². The van der Waals surface area contributed by atoms with Crippen LogP contribution in [0.5, 0.6) is 0 Å². The molecule has 18 heteroatoms. The summed E-state index contributed by atoms with van der Waals surface area (Å²) in [7, 11) is 0. The molecule has 0 radical (unpaired) electrons. The maximum absolute atomic E-state index is 6.51. The molecule has 0 fully saturated rings. The Morgan fingerprint density at radius 1 is 0.216 bits per heavy atom. The van der Waals surface area contributed by atoms with Gasteiger partial charge in [0.25, 0.3) is 0 Å². The molecule has 8 aromatic rings. The Labute approximate surface area is 644 Å². The van der Waals surface area contributed by atoms with Crippen LogP contribution in [-0.2, 0) is 54.1 Å². The van der Waals surface area contributed by atoms with Crippen molar-refractivity contribution in [2.75, 3.05) is 0 Å². The van der Waals surface area contributed by atoms with E-state index in [2.05, 4.69) is 350 Å². The van der Waals surface area contributed by atoms with E-state index < -0.39 is 0 Å². The molecule has 3 heterocycles. The largest absolute Gasteiger partial charge is 3.00 e. The van der Waals surface area contributed by atoms with Crippen molar-refractivity contribution in [3.63, 3.8) is 0 Å². The van der Waals surface area contributed by atoms with Crippen molar-refractivity contribution in [1.82, 2.24) is 44.9 Å². The summed E-state index contributed by atoms with van der Waals surface area (Å²) in [6, 6.07) is 33.5. The number of hydrogen-bond acceptors (Lipinski definition) is 9. The standard InChI is InChI=1S/2C31H42ClN3.C14H21Br.C3Cl3N3.Mg.2P.2H/c2*1-28(2,3)21-13-19(14-22(17-21)29(4,5)6)25-33-26(35-27(32)34-25)20-15-23(30(7,8)9)18-24(16-20)31(10,11)12;1-13(2,3)10-7-11(14(4,5)6)9-12(15)8-10;4-1-7-2(5)9-3(6)8-1;;;;;/h2*13-18H,1-12H3;7-9H,1-6H3;;;;;;/q;;;;+2;2*-3;2*-1. The van der Waals surface area contributed by atoms with Gasteiger partial charge in [-0.3, -0.25) is 0 Å². The van der Waals surface area contributed by atoms with Gasteiger partial charge in [-0.05, 0) is 228 Å². The fourth-order valence-corrected chi connectivity index (χ4v) is 10.9. The smallest absolute Gasteiger partial charge is 2.00 e. The van der Waals surface area contributed by atoms with Crippen LogP contribution in [0.1, 0.15) is 266 Å². The first-order valence-corrected chi connectivity index (χ1v) is 35.0. The maximum atomic E-state index is 6.51. The molecule has 0 aliphatic heterocycles. The molecule has 3 aromatic heterocycles. The van der Waals surface area contributed by atoms with Crippen LogP contribution in [0, 0.1) is 0 Å². The van der Waals surface area contributed by atoms with Gasteiger partial charge in [-0.1, -0.05) is 254 Å². The number of aromatic nitrogens is 9. The van der Waals surface area contributed by atoms with Gasteiger partial charge >= 0.3 is 23.1 Å². The summed E-state index contributed by atoms with van der Waals surface area (Å²) in [4.78, 5) is 38.5. The SMILES string of the molecule is CC(C)(C)c1cc(-c2nc(Cl)nc(-c3cc(C(C)(C)C)cc(C(C)(C)C)c3)n2)cc(C(C)(C)C)c1.CC(C)(C)c1cc(-c2nc(Cl)nc(-c3cc(C(C)(C)C)cc(C(C)(C)C)c3)n2)cc(C(C)(C)C)c1.CC(C)(C)c1cc(Br)cc(C(C)(C)C)c1.Clc1nc(Cl)nc(Cl)n1.[H-].[H-].[Mg+2].[P-3].[P-3]. The van der Waals surface area contributed by atoms with Crippen molar-refractivity contribution >= 4 is 117 Å². The molecule has 0 atom stereocenters. The van der Waals surface area contributed by atoms with Crippen LogP contribution in [-0.4, -0.2) is 67.9 Å². The Morgan fingerprint density at radius 3 is 0.474 bits per heavy atom. The minimum atomic E-state index is -0.00167. The van der Waals surface area contributed by atoms with Crippen LogP contribution < -0.4 is 0 Å². The summed E-state index contributed by atoms with van der Waals surface area (Å²) in [5.74, 6) is 2.43. The van der Waals surface area contributed by atoms with Crippen LogP contribution in [0.25, 0.3) is 45.6 Å². The zero-order chi connectivity index (χ0) is 71.8. The number of benzene rings is 5. The average Bonchev–Trinajstić information content (AvgIpc) is 0.790. The van der Waals surface area contributed by atoms with E-state index in [1.54, 1.807) is 0 Å². The van der Waals surface area contributed by atoms with Crippen molar-refractivity contribution in [3.8, 4) is 45.6 Å². The van der Waals surface area contributed by atoms with E-state index in [4.69, 9.17) is 68.0 Å². The van der Waals surface area contributed by atoms with Crippen LogP contribution in [0.3, 0.4) is 0 Å². The molecule has 0 aliphatic rings. The van der Waals surface area contributed by atoms with Gasteiger partial charge in [0, 0.05) is 26.7 Å². The van der Waals surface area contributed by atoms with Crippen LogP contribution in [0.4, 0.5) is 0 Å². The van der Waals surface area contributed by atoms with Crippen molar-refractivity contribution in [3.05, 3.63) is 178 Å². The second-order valence-electron chi connectivity index (χ2n) is 35.1. The monoisotopic (exact) mass is 1520 g/mol. The average molecular weight is 1530 g/mol. The molecule has 0 unspecified atom stereocenters. The number of halogens is 6. The van der Waals surface area contributed by atoms with Gasteiger partial charge in [-0.2, -0.15) is 34.9 Å². The van der Waals surface area contributed by atoms with Crippen LogP contribution >= 0.6 is 93.7 Å². The predicted octanol–water partition coefficient (Wildman–Crippen LogP) is 26.5. The minimum Gasteiger partial charge on any atom is -3.00 e. The van der Waals surface area contributed by atoms with Gasteiger partial charge in [0.15, 0.2) is 23.3 Å². The van der Waals surface area contributed by atoms with E-state index in [0.717, 1.165) is 22.3 Å². The van der Waals surface area contributed by atoms with E-state index in [1.165, 1.54) is 60.1 Å². The Bertz CT molecular complexity index is 3410. The molecule has 0 N–H and O–H groups in total. The van der Waals surface area contributed by atoms with Gasteiger partial charge in [0.2, 0.25) is 26.4 Å². The molecule has 0 bridgehead atoms. The van der Waals surface area contributed by atoms with Gasteiger partial charge in [0.1, 0.15) is 0 Å². The van der Waals surface area contributed by atoms with Crippen molar-refractivity contribution in [2.24, 2.45) is 0 Å². The first-order valence-electron chi connectivity index (χ1n) is 32.3. The molecular weight excluding hydrogens is 1420 g/mol. The Hall–Kier alpha value is -3.31. The zero-order valence-electron chi connectivity index (χ0n) is 65.6. The Morgan fingerprint density at radius 2 is 0.340 bits per heavy atom. The number of rotatable bonds is 4. The van der Waals surface area contributed by atoms with Gasteiger partial charge in [0.05, 0.1) is 0 Å². The summed E-state index contributed by atoms with van der Waals surface area (Å²) in [6.07, 6.45) is 0. The Balaban J connectivity index is 0.00000141. The molecule has 9 nitrogen and oxygen atoms in total. The van der Waals surface area contributed by atoms with Gasteiger partial charge in [-0.25, -0.2) is 9.97 Å². The second-order valence-corrected chi connectivity index (χ2v) is 37.7. The van der Waals surface area contributed by atoms with Crippen molar-refractivity contribution < 1.29 is 2.85 Å². The van der Waals surface area contributed by atoms with E-state index in [1.807, 2.05) is 0 Å². The molecule has 5 aromatic carbocycles. The quantitative estimate of drug-likeness (QED) is 0.125. The molecule has 0 aliphatic carbocycles. The maximum Gasteiger partial charge on any atom is 2.00 e. The summed E-state index contributed by atoms with van der Waals surface area (Å²) >= 11 is 32.6. The minimum absolute atomic E-state index is 0. The summed E-state index contributed by atoms with van der Waals surface area (Å²) in [5, 5.41) is 0.420. The molecule has 528 valence electrons. The summed E-state index contributed by atoms with van der Waals surface area (Å²) < 4.78 is 1.18. The molecular formula is C79H107BrCl5MgN9P2-6. The third-order valence-electron chi connectivity index (χ3n) is 16.1.